The molecule has 0 bridgehead atoms. The molecule has 0 amide bonds. The quantitative estimate of drug-likeness (QED) is 0.595. The van der Waals surface area contributed by atoms with Crippen LogP contribution in [0.15, 0.2) is 12.1 Å². The SMILES string of the molecule is C=C(CN(C)C1CC1)[B-](F)(F)F. The Morgan fingerprint density at radius 2 is 2.00 bits per heavy atom. The van der Waals surface area contributed by atoms with Crippen LogP contribution in [0.5, 0.6) is 0 Å². The van der Waals surface area contributed by atoms with Crippen LogP contribution in [0.2, 0.25) is 0 Å². The predicted octanol–water partition coefficient (Wildman–Crippen LogP) is 2.02. The number of hydrogen-bond acceptors (Lipinski definition) is 1. The van der Waals surface area contributed by atoms with Crippen LogP contribution in [-0.2, 0) is 0 Å². The van der Waals surface area contributed by atoms with Crippen LogP contribution >= 0.6 is 0 Å². The Balaban J connectivity index is 2.34. The first-order chi connectivity index (χ1) is 5.41. The fourth-order valence-corrected chi connectivity index (χ4v) is 1.07. The lowest BCUT2D eigenvalue weighted by Gasteiger charge is -2.23. The Morgan fingerprint density at radius 3 is 2.33 bits per heavy atom. The van der Waals surface area contributed by atoms with Gasteiger partial charge in [0.2, 0.25) is 0 Å². The van der Waals surface area contributed by atoms with E-state index in [0.717, 1.165) is 12.8 Å². The third-order valence-electron chi connectivity index (χ3n) is 2.09. The number of nitrogens with zero attached hydrogens (tertiary/aromatic N) is 1. The van der Waals surface area contributed by atoms with Crippen molar-refractivity contribution in [3.8, 4) is 0 Å². The highest BCUT2D eigenvalue weighted by molar-refractivity contribution is 6.66. The third-order valence-corrected chi connectivity index (χ3v) is 2.09. The van der Waals surface area contributed by atoms with Gasteiger partial charge in [-0.15, -0.1) is 12.1 Å². The Kier molecular flexibility index (Phi) is 2.51. The van der Waals surface area contributed by atoms with E-state index >= 15 is 0 Å². The minimum absolute atomic E-state index is 0.0336. The fraction of sp³-hybridized carbons (Fsp3) is 0.714. The van der Waals surface area contributed by atoms with Gasteiger partial charge in [-0.25, -0.2) is 0 Å². The highest BCUT2D eigenvalue weighted by Crippen LogP contribution is 2.27. The predicted molar refractivity (Wildman–Crippen MR) is 43.9 cm³/mol. The number of rotatable bonds is 4. The van der Waals surface area contributed by atoms with Gasteiger partial charge >= 0.3 is 6.98 Å². The van der Waals surface area contributed by atoms with Gasteiger partial charge in [-0.3, -0.25) is 0 Å². The third kappa shape index (κ3) is 2.55. The summed E-state index contributed by atoms with van der Waals surface area (Å²) in [4.78, 5) is 1.72. The number of likely N-dealkylation sites (N-methyl/N-ethyl adjacent to an activating group) is 1. The zero-order valence-electron chi connectivity index (χ0n) is 7.06. The summed E-state index contributed by atoms with van der Waals surface area (Å²) in [6.07, 6.45) is 2.04. The first-order valence-electron chi connectivity index (χ1n) is 3.99. The molecule has 1 aliphatic rings. The topological polar surface area (TPSA) is 3.24 Å². The molecule has 0 aliphatic heterocycles. The van der Waals surface area contributed by atoms with E-state index in [4.69, 9.17) is 0 Å². The zero-order valence-corrected chi connectivity index (χ0v) is 7.06. The lowest BCUT2D eigenvalue weighted by molar-refractivity contribution is 0.347. The van der Waals surface area contributed by atoms with Gasteiger partial charge in [0.15, 0.2) is 0 Å². The molecule has 1 rings (SSSR count). The van der Waals surface area contributed by atoms with Crippen molar-refractivity contribution < 1.29 is 12.9 Å². The molecular formula is C7H12BF3N-. The normalized spacial score (nSPS) is 18.4. The number of halogens is 3. The van der Waals surface area contributed by atoms with Crippen molar-refractivity contribution in [1.29, 1.82) is 0 Å². The van der Waals surface area contributed by atoms with Crippen LogP contribution < -0.4 is 0 Å². The molecule has 12 heavy (non-hydrogen) atoms. The van der Waals surface area contributed by atoms with Crippen LogP contribution in [0.1, 0.15) is 12.8 Å². The Bertz CT molecular complexity index is 186. The van der Waals surface area contributed by atoms with Crippen molar-refractivity contribution in [3.05, 3.63) is 12.1 Å². The summed E-state index contributed by atoms with van der Waals surface area (Å²) in [7, 11) is 1.71. The van der Waals surface area contributed by atoms with Gasteiger partial charge in [-0.1, -0.05) is 0 Å². The summed E-state index contributed by atoms with van der Waals surface area (Å²) in [5.74, 6) is 0. The maximum absolute atomic E-state index is 12.0. The van der Waals surface area contributed by atoms with Crippen molar-refractivity contribution in [2.75, 3.05) is 13.6 Å². The van der Waals surface area contributed by atoms with Gasteiger partial charge in [0.05, 0.1) is 0 Å². The maximum atomic E-state index is 12.0. The molecule has 0 N–H and O–H groups in total. The summed E-state index contributed by atoms with van der Waals surface area (Å²) in [5, 5.41) is 0. The zero-order chi connectivity index (χ0) is 9.35. The molecule has 0 spiro atoms. The van der Waals surface area contributed by atoms with Crippen LogP contribution in [0.3, 0.4) is 0 Å². The average molecular weight is 178 g/mol. The summed E-state index contributed by atoms with van der Waals surface area (Å²) in [6.45, 7) is -1.83. The Labute approximate surface area is 70.3 Å². The van der Waals surface area contributed by atoms with Crippen LogP contribution in [0.25, 0.3) is 0 Å². The lowest BCUT2D eigenvalue weighted by atomic mass is 9.80. The summed E-state index contributed by atoms with van der Waals surface area (Å²) in [6, 6.07) is 0.361. The van der Waals surface area contributed by atoms with Crippen LogP contribution in [0, 0.1) is 0 Å². The molecular weight excluding hydrogens is 166 g/mol. The second-order valence-electron chi connectivity index (χ2n) is 3.38. The maximum Gasteiger partial charge on any atom is 0.506 e. The smallest absolute Gasteiger partial charge is 0.445 e. The largest absolute Gasteiger partial charge is 0.506 e. The average Bonchev–Trinajstić information content (AvgIpc) is 2.65. The molecule has 0 aromatic rings. The fourth-order valence-electron chi connectivity index (χ4n) is 1.07. The van der Waals surface area contributed by atoms with Gasteiger partial charge in [0.25, 0.3) is 0 Å². The molecule has 5 heteroatoms. The van der Waals surface area contributed by atoms with E-state index in [-0.39, 0.29) is 6.54 Å². The van der Waals surface area contributed by atoms with Crippen molar-refractivity contribution in [2.24, 2.45) is 0 Å². The van der Waals surface area contributed by atoms with Crippen molar-refractivity contribution in [2.45, 2.75) is 18.9 Å². The minimum Gasteiger partial charge on any atom is -0.445 e. The molecule has 0 unspecified atom stereocenters. The van der Waals surface area contributed by atoms with E-state index < -0.39 is 12.4 Å². The van der Waals surface area contributed by atoms with E-state index in [1.165, 1.54) is 0 Å². The van der Waals surface area contributed by atoms with E-state index in [0.29, 0.717) is 6.04 Å². The summed E-state index contributed by atoms with van der Waals surface area (Å²) >= 11 is 0. The molecule has 1 saturated carbocycles. The molecule has 0 saturated heterocycles. The van der Waals surface area contributed by atoms with E-state index in [2.05, 4.69) is 6.58 Å². The highest BCUT2D eigenvalue weighted by Gasteiger charge is 2.31. The first kappa shape index (κ1) is 9.64. The monoisotopic (exact) mass is 178 g/mol. The number of hydrogen-bond donors (Lipinski definition) is 0. The second kappa shape index (κ2) is 3.13. The summed E-state index contributed by atoms with van der Waals surface area (Å²) in [5.41, 5.74) is -0.593. The lowest BCUT2D eigenvalue weighted by Crippen LogP contribution is -2.31. The van der Waals surface area contributed by atoms with E-state index in [9.17, 15) is 12.9 Å². The Morgan fingerprint density at radius 1 is 1.50 bits per heavy atom. The molecule has 1 aliphatic carbocycles. The highest BCUT2D eigenvalue weighted by atomic mass is 19.4. The summed E-state index contributed by atoms with van der Waals surface area (Å²) < 4.78 is 36.1. The van der Waals surface area contributed by atoms with Crippen LogP contribution in [0.4, 0.5) is 12.9 Å². The van der Waals surface area contributed by atoms with Gasteiger partial charge in [0, 0.05) is 6.04 Å². The van der Waals surface area contributed by atoms with E-state index in [1.54, 1.807) is 11.9 Å². The van der Waals surface area contributed by atoms with Gasteiger partial charge in [-0.05, 0) is 26.4 Å². The minimum atomic E-state index is -4.84. The van der Waals surface area contributed by atoms with Crippen molar-refractivity contribution in [1.82, 2.24) is 4.90 Å². The molecule has 0 heterocycles. The molecule has 0 radical (unpaired) electrons. The van der Waals surface area contributed by atoms with E-state index in [1.807, 2.05) is 0 Å². The van der Waals surface area contributed by atoms with Gasteiger partial charge in [-0.2, -0.15) is 0 Å². The molecule has 1 nitrogen and oxygen atoms in total. The van der Waals surface area contributed by atoms with Gasteiger partial charge < -0.3 is 17.8 Å². The van der Waals surface area contributed by atoms with Crippen LogP contribution in [-0.4, -0.2) is 31.5 Å². The standard InChI is InChI=1S/C7H12BF3N/c1-6(8(9,10)11)5-12(2)7-3-4-7/h7H,1,3-5H2,2H3/q-1. The van der Waals surface area contributed by atoms with Gasteiger partial charge in [0.1, 0.15) is 0 Å². The van der Waals surface area contributed by atoms with Crippen molar-refractivity contribution >= 4 is 6.98 Å². The molecule has 0 atom stereocenters. The van der Waals surface area contributed by atoms with Crippen molar-refractivity contribution in [3.63, 3.8) is 0 Å². The molecule has 70 valence electrons. The molecule has 0 aromatic heterocycles. The molecule has 1 fully saturated rings. The second-order valence-corrected chi connectivity index (χ2v) is 3.38. The molecule has 0 aromatic carbocycles. The Hall–Kier alpha value is -0.445. The first-order valence-corrected chi connectivity index (χ1v) is 3.99.